The van der Waals surface area contributed by atoms with E-state index in [4.69, 9.17) is 17.2 Å². The van der Waals surface area contributed by atoms with Crippen molar-refractivity contribution in [3.8, 4) is 0 Å². The Labute approximate surface area is 103 Å². The molecule has 1 fully saturated rings. The van der Waals surface area contributed by atoms with E-state index in [1.54, 1.807) is 0 Å². The van der Waals surface area contributed by atoms with Crippen LogP contribution in [0.3, 0.4) is 0 Å². The highest BCUT2D eigenvalue weighted by Crippen LogP contribution is 2.29. The molecule has 0 aromatic carbocycles. The van der Waals surface area contributed by atoms with Gasteiger partial charge < -0.3 is 22.5 Å². The van der Waals surface area contributed by atoms with Gasteiger partial charge in [-0.3, -0.25) is 0 Å². The Bertz CT molecular complexity index is 606. The number of hydrogen-bond donors (Lipinski definition) is 4. The van der Waals surface area contributed by atoms with E-state index in [1.165, 1.54) is 12.8 Å². The number of fused-ring (bicyclic) bond motifs is 1. The fourth-order valence-corrected chi connectivity index (χ4v) is 1.71. The van der Waals surface area contributed by atoms with Crippen molar-refractivity contribution in [1.29, 1.82) is 0 Å². The summed E-state index contributed by atoms with van der Waals surface area (Å²) in [7, 11) is 0. The van der Waals surface area contributed by atoms with Gasteiger partial charge in [0, 0.05) is 6.54 Å². The molecule has 8 nitrogen and oxygen atoms in total. The van der Waals surface area contributed by atoms with Gasteiger partial charge in [0.25, 0.3) is 0 Å². The summed E-state index contributed by atoms with van der Waals surface area (Å²) in [5, 5.41) is 3.14. The molecule has 0 unspecified atom stereocenters. The Morgan fingerprint density at radius 3 is 2.33 bits per heavy atom. The van der Waals surface area contributed by atoms with Crippen LogP contribution in [0.25, 0.3) is 11.0 Å². The lowest BCUT2D eigenvalue weighted by atomic mass is 10.4. The van der Waals surface area contributed by atoms with Gasteiger partial charge in [0.1, 0.15) is 11.0 Å². The zero-order valence-corrected chi connectivity index (χ0v) is 9.72. The lowest BCUT2D eigenvalue weighted by Crippen LogP contribution is -2.11. The maximum Gasteiger partial charge on any atom is 0.225 e. The molecule has 1 saturated carbocycles. The van der Waals surface area contributed by atoms with Crippen molar-refractivity contribution in [3.63, 3.8) is 0 Å². The summed E-state index contributed by atoms with van der Waals surface area (Å²) >= 11 is 0. The summed E-state index contributed by atoms with van der Waals surface area (Å²) in [6.45, 7) is 0.848. The monoisotopic (exact) mass is 246 g/mol. The van der Waals surface area contributed by atoms with Crippen molar-refractivity contribution in [2.24, 2.45) is 5.92 Å². The third kappa shape index (κ3) is 1.92. The van der Waals surface area contributed by atoms with Gasteiger partial charge in [-0.1, -0.05) is 0 Å². The van der Waals surface area contributed by atoms with Crippen molar-refractivity contribution in [1.82, 2.24) is 19.9 Å². The highest BCUT2D eigenvalue weighted by molar-refractivity contribution is 5.92. The predicted molar refractivity (Wildman–Crippen MR) is 69.6 cm³/mol. The highest BCUT2D eigenvalue weighted by Gasteiger charge is 2.21. The number of nitrogens with one attached hydrogen (secondary N) is 1. The highest BCUT2D eigenvalue weighted by atomic mass is 15.2. The van der Waals surface area contributed by atoms with E-state index in [0.29, 0.717) is 22.9 Å². The number of nitrogens with two attached hydrogens (primary N) is 3. The lowest BCUT2D eigenvalue weighted by Gasteiger charge is -2.08. The molecule has 18 heavy (non-hydrogen) atoms. The molecule has 2 aromatic heterocycles. The molecule has 0 spiro atoms. The first-order valence-electron chi connectivity index (χ1n) is 5.73. The summed E-state index contributed by atoms with van der Waals surface area (Å²) in [5.74, 6) is 1.69. The molecule has 7 N–H and O–H groups in total. The van der Waals surface area contributed by atoms with E-state index >= 15 is 0 Å². The van der Waals surface area contributed by atoms with E-state index in [-0.39, 0.29) is 17.6 Å². The fourth-order valence-electron chi connectivity index (χ4n) is 1.71. The predicted octanol–water partition coefficient (Wildman–Crippen LogP) is -0.0117. The van der Waals surface area contributed by atoms with Crippen molar-refractivity contribution >= 4 is 34.6 Å². The topological polar surface area (TPSA) is 142 Å². The average molecular weight is 246 g/mol. The molecule has 0 bridgehead atoms. The number of nitrogens with zero attached hydrogens (tertiary/aromatic N) is 4. The maximum atomic E-state index is 5.82. The Morgan fingerprint density at radius 2 is 1.61 bits per heavy atom. The largest absolute Gasteiger partial charge is 0.382 e. The van der Waals surface area contributed by atoms with Gasteiger partial charge in [0.15, 0.2) is 11.6 Å². The van der Waals surface area contributed by atoms with Gasteiger partial charge in [-0.25, -0.2) is 9.97 Å². The summed E-state index contributed by atoms with van der Waals surface area (Å²) < 4.78 is 0. The van der Waals surface area contributed by atoms with E-state index in [1.807, 2.05) is 0 Å². The lowest BCUT2D eigenvalue weighted by molar-refractivity contribution is 0.876. The molecule has 1 aliphatic carbocycles. The SMILES string of the molecule is Nc1nc(N)c2nc(NCC3CC3)nc(N)c2n1. The standard InChI is InChI=1S/C10H14N8/c11-7-6-5(15-9(13)17-7)8(12)18-10(16-6)14-3-4-1-2-4/h4H,1-3H2,(H4,11,13,15,17)(H3,12,14,16,18). The van der Waals surface area contributed by atoms with Crippen LogP contribution in [-0.4, -0.2) is 26.5 Å². The fraction of sp³-hybridized carbons (Fsp3) is 0.400. The first-order chi connectivity index (χ1) is 8.63. The molecule has 1 aliphatic rings. The Kier molecular flexibility index (Phi) is 2.29. The van der Waals surface area contributed by atoms with Crippen molar-refractivity contribution in [3.05, 3.63) is 0 Å². The van der Waals surface area contributed by atoms with Gasteiger partial charge in [0.2, 0.25) is 11.9 Å². The van der Waals surface area contributed by atoms with E-state index in [0.717, 1.165) is 6.54 Å². The smallest absolute Gasteiger partial charge is 0.225 e. The Balaban J connectivity index is 2.02. The molecule has 94 valence electrons. The molecular weight excluding hydrogens is 232 g/mol. The zero-order chi connectivity index (χ0) is 12.7. The van der Waals surface area contributed by atoms with Gasteiger partial charge in [-0.15, -0.1) is 0 Å². The quantitative estimate of drug-likeness (QED) is 0.592. The minimum atomic E-state index is 0.0639. The number of rotatable bonds is 3. The van der Waals surface area contributed by atoms with Crippen LogP contribution in [0.4, 0.5) is 23.5 Å². The number of anilines is 4. The number of nitrogen functional groups attached to an aromatic ring is 3. The molecule has 2 heterocycles. The van der Waals surface area contributed by atoms with Crippen LogP contribution in [0, 0.1) is 5.92 Å². The van der Waals surface area contributed by atoms with E-state index in [9.17, 15) is 0 Å². The minimum absolute atomic E-state index is 0.0639. The van der Waals surface area contributed by atoms with Crippen molar-refractivity contribution in [2.75, 3.05) is 29.1 Å². The molecule has 0 atom stereocenters. The summed E-state index contributed by atoms with van der Waals surface area (Å²) in [6, 6.07) is 0. The van der Waals surface area contributed by atoms with Crippen LogP contribution in [0.2, 0.25) is 0 Å². The van der Waals surface area contributed by atoms with E-state index < -0.39 is 0 Å². The molecular formula is C10H14N8. The second kappa shape index (κ2) is 3.83. The Morgan fingerprint density at radius 1 is 0.944 bits per heavy atom. The normalized spacial score (nSPS) is 14.9. The number of hydrogen-bond acceptors (Lipinski definition) is 8. The second-order valence-corrected chi connectivity index (χ2v) is 4.42. The summed E-state index contributed by atoms with van der Waals surface area (Å²) in [5.41, 5.74) is 17.9. The van der Waals surface area contributed by atoms with Crippen LogP contribution in [0.15, 0.2) is 0 Å². The van der Waals surface area contributed by atoms with Crippen LogP contribution < -0.4 is 22.5 Å². The molecule has 0 amide bonds. The van der Waals surface area contributed by atoms with E-state index in [2.05, 4.69) is 25.3 Å². The second-order valence-electron chi connectivity index (χ2n) is 4.42. The molecule has 2 aromatic rings. The van der Waals surface area contributed by atoms with Crippen LogP contribution in [-0.2, 0) is 0 Å². The van der Waals surface area contributed by atoms with Crippen LogP contribution in [0.1, 0.15) is 12.8 Å². The number of aromatic nitrogens is 4. The van der Waals surface area contributed by atoms with Gasteiger partial charge in [0.05, 0.1) is 0 Å². The first kappa shape index (κ1) is 10.8. The van der Waals surface area contributed by atoms with Crippen LogP contribution in [0.5, 0.6) is 0 Å². The summed E-state index contributed by atoms with van der Waals surface area (Å²) in [6.07, 6.45) is 2.50. The molecule has 8 heteroatoms. The van der Waals surface area contributed by atoms with Crippen molar-refractivity contribution < 1.29 is 0 Å². The van der Waals surface area contributed by atoms with Crippen LogP contribution >= 0.6 is 0 Å². The Hall–Kier alpha value is -2.38. The van der Waals surface area contributed by atoms with Crippen molar-refractivity contribution in [2.45, 2.75) is 12.8 Å². The maximum absolute atomic E-state index is 5.82. The van der Waals surface area contributed by atoms with Gasteiger partial charge in [-0.2, -0.15) is 9.97 Å². The third-order valence-electron chi connectivity index (χ3n) is 2.86. The van der Waals surface area contributed by atoms with Gasteiger partial charge in [-0.05, 0) is 18.8 Å². The third-order valence-corrected chi connectivity index (χ3v) is 2.86. The molecule has 0 aliphatic heterocycles. The van der Waals surface area contributed by atoms with Gasteiger partial charge >= 0.3 is 0 Å². The zero-order valence-electron chi connectivity index (χ0n) is 9.72. The molecule has 0 radical (unpaired) electrons. The molecule has 0 saturated heterocycles. The average Bonchev–Trinajstić information content (AvgIpc) is 3.12. The molecule has 3 rings (SSSR count). The summed E-state index contributed by atoms with van der Waals surface area (Å²) in [4.78, 5) is 16.3. The first-order valence-corrected chi connectivity index (χ1v) is 5.73. The minimum Gasteiger partial charge on any atom is -0.382 e.